The number of nitro benzene ring substituents is 2. The van der Waals surface area contributed by atoms with Gasteiger partial charge in [-0.1, -0.05) is 12.1 Å². The molecule has 1 N–H and O–H groups in total. The quantitative estimate of drug-likeness (QED) is 0.685. The number of carbonyl (C=O) groups excluding carboxylic acids is 1. The van der Waals surface area contributed by atoms with E-state index in [1.807, 2.05) is 0 Å². The zero-order valence-corrected chi connectivity index (χ0v) is 10.6. The lowest BCUT2D eigenvalue weighted by Gasteiger charge is -2.05. The first kappa shape index (κ1) is 14.1. The van der Waals surface area contributed by atoms with Gasteiger partial charge in [0.2, 0.25) is 0 Å². The number of anilines is 1. The number of carbonyl (C=O) groups is 1. The summed E-state index contributed by atoms with van der Waals surface area (Å²) in [7, 11) is 0. The molecular weight excluding hydrogens is 278 g/mol. The molecule has 0 atom stereocenters. The Morgan fingerprint density at radius 1 is 0.905 bits per heavy atom. The first-order valence-corrected chi connectivity index (χ1v) is 5.77. The van der Waals surface area contributed by atoms with Gasteiger partial charge < -0.3 is 5.32 Å². The highest BCUT2D eigenvalue weighted by Crippen LogP contribution is 2.19. The topological polar surface area (TPSA) is 115 Å². The van der Waals surface area contributed by atoms with Gasteiger partial charge >= 0.3 is 0 Å². The molecule has 2 aromatic rings. The maximum Gasteiger partial charge on any atom is 0.271 e. The van der Waals surface area contributed by atoms with Crippen LogP contribution in [0.25, 0.3) is 0 Å². The lowest BCUT2D eigenvalue weighted by Crippen LogP contribution is -2.12. The third kappa shape index (κ3) is 3.38. The predicted octanol–water partition coefficient (Wildman–Crippen LogP) is 2.76. The van der Waals surface area contributed by atoms with Gasteiger partial charge in [0.05, 0.1) is 9.85 Å². The van der Waals surface area contributed by atoms with E-state index in [9.17, 15) is 25.0 Å². The fourth-order valence-electron chi connectivity index (χ4n) is 1.66. The Bertz CT molecular complexity index is 729. The fourth-order valence-corrected chi connectivity index (χ4v) is 1.66. The van der Waals surface area contributed by atoms with Crippen molar-refractivity contribution in [2.45, 2.75) is 0 Å². The first-order chi connectivity index (χ1) is 9.97. The molecule has 2 rings (SSSR count). The molecule has 0 saturated carbocycles. The smallest absolute Gasteiger partial charge is 0.271 e. The van der Waals surface area contributed by atoms with E-state index in [0.717, 1.165) is 6.07 Å². The number of rotatable bonds is 4. The van der Waals surface area contributed by atoms with Gasteiger partial charge in [-0.15, -0.1) is 0 Å². The zero-order valence-electron chi connectivity index (χ0n) is 10.6. The molecule has 8 heteroatoms. The average Bonchev–Trinajstić information content (AvgIpc) is 2.47. The SMILES string of the molecule is O=C(Nc1cccc([N+](=O)[O-])c1)c1cccc([N+](=O)[O-])c1. The third-order valence-electron chi connectivity index (χ3n) is 2.63. The highest BCUT2D eigenvalue weighted by Gasteiger charge is 2.13. The Labute approximate surface area is 118 Å². The van der Waals surface area contributed by atoms with Crippen molar-refractivity contribution < 1.29 is 14.6 Å². The summed E-state index contributed by atoms with van der Waals surface area (Å²) in [6.07, 6.45) is 0. The second-order valence-corrected chi connectivity index (χ2v) is 4.07. The Hall–Kier alpha value is -3.29. The molecule has 106 valence electrons. The van der Waals surface area contributed by atoms with Crippen molar-refractivity contribution >= 4 is 23.0 Å². The van der Waals surface area contributed by atoms with Gasteiger partial charge in [-0.3, -0.25) is 25.0 Å². The highest BCUT2D eigenvalue weighted by molar-refractivity contribution is 6.04. The second-order valence-electron chi connectivity index (χ2n) is 4.07. The number of nitro groups is 2. The lowest BCUT2D eigenvalue weighted by atomic mass is 10.2. The normalized spacial score (nSPS) is 9.90. The van der Waals surface area contributed by atoms with Crippen molar-refractivity contribution in [2.24, 2.45) is 0 Å². The maximum atomic E-state index is 12.0. The molecule has 0 aliphatic heterocycles. The minimum absolute atomic E-state index is 0.0932. The van der Waals surface area contributed by atoms with E-state index in [2.05, 4.69) is 5.32 Å². The van der Waals surface area contributed by atoms with Crippen LogP contribution in [-0.4, -0.2) is 15.8 Å². The van der Waals surface area contributed by atoms with Crippen molar-refractivity contribution in [1.29, 1.82) is 0 Å². The summed E-state index contributed by atoms with van der Waals surface area (Å²) in [5.41, 5.74) is -0.0371. The summed E-state index contributed by atoms with van der Waals surface area (Å²) >= 11 is 0. The van der Waals surface area contributed by atoms with Crippen LogP contribution < -0.4 is 5.32 Å². The molecule has 0 unspecified atom stereocenters. The highest BCUT2D eigenvalue weighted by atomic mass is 16.6. The number of nitrogens with zero attached hydrogens (tertiary/aromatic N) is 2. The third-order valence-corrected chi connectivity index (χ3v) is 2.63. The van der Waals surface area contributed by atoms with Crippen LogP contribution >= 0.6 is 0 Å². The van der Waals surface area contributed by atoms with Gasteiger partial charge in [-0.05, 0) is 12.1 Å². The maximum absolute atomic E-state index is 12.0. The number of amides is 1. The van der Waals surface area contributed by atoms with E-state index in [1.165, 1.54) is 42.5 Å². The largest absolute Gasteiger partial charge is 0.322 e. The van der Waals surface area contributed by atoms with Crippen LogP contribution in [0, 0.1) is 20.2 Å². The molecule has 0 aliphatic carbocycles. The van der Waals surface area contributed by atoms with Crippen LogP contribution in [-0.2, 0) is 0 Å². The molecule has 0 spiro atoms. The molecule has 0 heterocycles. The number of non-ortho nitro benzene ring substituents is 2. The number of hydrogen-bond acceptors (Lipinski definition) is 5. The van der Waals surface area contributed by atoms with Crippen LogP contribution in [0.3, 0.4) is 0 Å². The summed E-state index contributed by atoms with van der Waals surface area (Å²) in [6, 6.07) is 10.6. The summed E-state index contributed by atoms with van der Waals surface area (Å²) < 4.78 is 0. The molecule has 2 aromatic carbocycles. The fraction of sp³-hybridized carbons (Fsp3) is 0. The van der Waals surface area contributed by atoms with Gasteiger partial charge in [-0.25, -0.2) is 0 Å². The lowest BCUT2D eigenvalue weighted by molar-refractivity contribution is -0.385. The van der Waals surface area contributed by atoms with E-state index in [1.54, 1.807) is 0 Å². The Balaban J connectivity index is 2.22. The van der Waals surface area contributed by atoms with E-state index < -0.39 is 15.8 Å². The van der Waals surface area contributed by atoms with Crippen LogP contribution in [0.15, 0.2) is 48.5 Å². The van der Waals surface area contributed by atoms with Gasteiger partial charge in [0, 0.05) is 35.5 Å². The molecule has 0 radical (unpaired) electrons. The van der Waals surface area contributed by atoms with Crippen molar-refractivity contribution in [3.8, 4) is 0 Å². The summed E-state index contributed by atoms with van der Waals surface area (Å²) in [4.78, 5) is 32.1. The van der Waals surface area contributed by atoms with E-state index >= 15 is 0 Å². The standard InChI is InChI=1S/C13H9N3O5/c17-13(9-3-1-5-11(7-9)15(18)19)14-10-4-2-6-12(8-10)16(20)21/h1-8H,(H,14,17). The monoisotopic (exact) mass is 287 g/mol. The summed E-state index contributed by atoms with van der Waals surface area (Å²) in [5.74, 6) is -0.584. The van der Waals surface area contributed by atoms with E-state index in [0.29, 0.717) is 0 Å². The van der Waals surface area contributed by atoms with Gasteiger partial charge in [0.1, 0.15) is 0 Å². The zero-order chi connectivity index (χ0) is 15.4. The van der Waals surface area contributed by atoms with Crippen LogP contribution in [0.1, 0.15) is 10.4 Å². The van der Waals surface area contributed by atoms with Gasteiger partial charge in [0.25, 0.3) is 17.3 Å². The molecule has 0 saturated heterocycles. The van der Waals surface area contributed by atoms with E-state index in [-0.39, 0.29) is 22.6 Å². The summed E-state index contributed by atoms with van der Waals surface area (Å²) in [5, 5.41) is 23.8. The minimum atomic E-state index is -0.607. The molecule has 0 aromatic heterocycles. The first-order valence-electron chi connectivity index (χ1n) is 5.77. The molecule has 0 bridgehead atoms. The Morgan fingerprint density at radius 2 is 1.48 bits per heavy atom. The molecule has 0 aliphatic rings. The van der Waals surface area contributed by atoms with Gasteiger partial charge in [0.15, 0.2) is 0 Å². The number of hydrogen-bond donors (Lipinski definition) is 1. The van der Waals surface area contributed by atoms with Crippen LogP contribution in [0.4, 0.5) is 17.1 Å². The Morgan fingerprint density at radius 3 is 2.10 bits per heavy atom. The van der Waals surface area contributed by atoms with Crippen molar-refractivity contribution in [2.75, 3.05) is 5.32 Å². The summed E-state index contributed by atoms with van der Waals surface area (Å²) in [6.45, 7) is 0. The minimum Gasteiger partial charge on any atom is -0.322 e. The van der Waals surface area contributed by atoms with Crippen molar-refractivity contribution in [3.63, 3.8) is 0 Å². The van der Waals surface area contributed by atoms with Crippen molar-refractivity contribution in [1.82, 2.24) is 0 Å². The van der Waals surface area contributed by atoms with Crippen LogP contribution in [0.5, 0.6) is 0 Å². The molecule has 21 heavy (non-hydrogen) atoms. The predicted molar refractivity (Wildman–Crippen MR) is 74.1 cm³/mol. The average molecular weight is 287 g/mol. The molecule has 1 amide bonds. The number of benzene rings is 2. The molecule has 0 fully saturated rings. The van der Waals surface area contributed by atoms with E-state index in [4.69, 9.17) is 0 Å². The second kappa shape index (κ2) is 5.78. The Kier molecular flexibility index (Phi) is 3.89. The molecular formula is C13H9N3O5. The van der Waals surface area contributed by atoms with Crippen molar-refractivity contribution in [3.05, 3.63) is 74.3 Å². The molecule has 8 nitrogen and oxygen atoms in total. The number of nitrogens with one attached hydrogen (secondary N) is 1. The van der Waals surface area contributed by atoms with Crippen LogP contribution in [0.2, 0.25) is 0 Å². The van der Waals surface area contributed by atoms with Gasteiger partial charge in [-0.2, -0.15) is 0 Å².